The van der Waals surface area contributed by atoms with Crippen molar-refractivity contribution < 1.29 is 9.22 Å². The first kappa shape index (κ1) is 28.2. The molecule has 0 heterocycles. The van der Waals surface area contributed by atoms with Gasteiger partial charge in [0.2, 0.25) is 0 Å². The zero-order valence-corrected chi connectivity index (χ0v) is 21.5. The summed E-state index contributed by atoms with van der Waals surface area (Å²) in [6, 6.07) is 1.16. The lowest BCUT2D eigenvalue weighted by atomic mass is 10.1. The maximum absolute atomic E-state index is 12.0. The molecule has 168 valence electrons. The predicted molar refractivity (Wildman–Crippen MR) is 130 cm³/mol. The molecular formula is C23H49NO2SSi. The van der Waals surface area contributed by atoms with Gasteiger partial charge in [0, 0.05) is 25.3 Å². The van der Waals surface area contributed by atoms with Crippen molar-refractivity contribution in [3.8, 4) is 0 Å². The first-order valence-electron chi connectivity index (χ1n) is 12.0. The zero-order valence-electron chi connectivity index (χ0n) is 19.7. The molecule has 0 spiro atoms. The van der Waals surface area contributed by atoms with Crippen LogP contribution in [-0.2, 0) is 9.22 Å². The largest absolute Gasteiger partial charge is 0.416 e. The average molecular weight is 432 g/mol. The number of carbonyl (C=O) groups excluding carboxylic acids is 1. The highest BCUT2D eigenvalue weighted by atomic mass is 32.2. The van der Waals surface area contributed by atoms with E-state index in [1.807, 2.05) is 0 Å². The van der Waals surface area contributed by atoms with Crippen LogP contribution in [0.5, 0.6) is 0 Å². The minimum absolute atomic E-state index is 0.393. The van der Waals surface area contributed by atoms with Gasteiger partial charge in [-0.3, -0.25) is 4.79 Å². The number of hydrogen-bond donors (Lipinski definition) is 0. The molecule has 0 aromatic heterocycles. The van der Waals surface area contributed by atoms with Gasteiger partial charge in [0.25, 0.3) is 0 Å². The fourth-order valence-electron chi connectivity index (χ4n) is 3.40. The number of unbranched alkanes of at least 4 members (excludes halogenated alkanes) is 8. The lowest BCUT2D eigenvalue weighted by molar-refractivity contribution is -0.111. The van der Waals surface area contributed by atoms with Crippen LogP contribution in [0, 0.1) is 0 Å². The summed E-state index contributed by atoms with van der Waals surface area (Å²) in [6.07, 6.45) is 13.7. The van der Waals surface area contributed by atoms with Gasteiger partial charge in [0.1, 0.15) is 0 Å². The van der Waals surface area contributed by atoms with E-state index in [1.165, 1.54) is 51.4 Å². The molecule has 3 nitrogen and oxygen atoms in total. The molecule has 0 aliphatic carbocycles. The first-order valence-corrected chi connectivity index (χ1v) is 16.1. The van der Waals surface area contributed by atoms with Gasteiger partial charge in [-0.1, -0.05) is 83.9 Å². The van der Waals surface area contributed by atoms with Crippen molar-refractivity contribution >= 4 is 25.2 Å². The molecule has 28 heavy (non-hydrogen) atoms. The van der Waals surface area contributed by atoms with Gasteiger partial charge in [-0.05, 0) is 45.1 Å². The van der Waals surface area contributed by atoms with Crippen LogP contribution < -0.4 is 0 Å². The van der Waals surface area contributed by atoms with Gasteiger partial charge in [-0.15, -0.1) is 0 Å². The molecule has 0 unspecified atom stereocenters. The molecule has 0 atom stereocenters. The zero-order chi connectivity index (χ0) is 21.1. The molecular weight excluding hydrogens is 382 g/mol. The maximum atomic E-state index is 12.0. The van der Waals surface area contributed by atoms with Crippen molar-refractivity contribution in [2.24, 2.45) is 0 Å². The van der Waals surface area contributed by atoms with Crippen molar-refractivity contribution in [1.29, 1.82) is 0 Å². The SMILES string of the molecule is CCCCCCCCCCCC(=O)SCCC[Si](C)(C)OCCN(CC)CC. The smallest absolute Gasteiger partial charge is 0.188 e. The number of likely N-dealkylation sites (N-methyl/N-ethyl adjacent to an activating group) is 1. The Hall–Kier alpha value is 0.157. The van der Waals surface area contributed by atoms with Gasteiger partial charge in [-0.25, -0.2) is 0 Å². The molecule has 0 saturated carbocycles. The lowest BCUT2D eigenvalue weighted by Crippen LogP contribution is -2.35. The molecule has 0 bridgehead atoms. The second-order valence-corrected chi connectivity index (χ2v) is 14.0. The van der Waals surface area contributed by atoms with Crippen LogP contribution in [0.2, 0.25) is 19.1 Å². The summed E-state index contributed by atoms with van der Waals surface area (Å²) < 4.78 is 6.21. The molecule has 0 amide bonds. The van der Waals surface area contributed by atoms with E-state index in [2.05, 4.69) is 38.8 Å². The van der Waals surface area contributed by atoms with Crippen molar-refractivity contribution in [3.05, 3.63) is 0 Å². The summed E-state index contributed by atoms with van der Waals surface area (Å²) in [5.41, 5.74) is 0. The number of carbonyl (C=O) groups is 1. The van der Waals surface area contributed by atoms with Crippen molar-refractivity contribution in [2.75, 3.05) is 32.0 Å². The molecule has 0 saturated heterocycles. The molecule has 0 N–H and O–H groups in total. The molecule has 0 aromatic rings. The third kappa shape index (κ3) is 18.2. The van der Waals surface area contributed by atoms with E-state index < -0.39 is 8.32 Å². The van der Waals surface area contributed by atoms with Gasteiger partial charge < -0.3 is 9.33 Å². The Kier molecular flexibility index (Phi) is 19.2. The summed E-state index contributed by atoms with van der Waals surface area (Å²) in [6.45, 7) is 15.4. The van der Waals surface area contributed by atoms with Crippen LogP contribution >= 0.6 is 11.8 Å². The van der Waals surface area contributed by atoms with Crippen molar-refractivity contribution in [2.45, 2.75) is 111 Å². The number of rotatable bonds is 20. The van der Waals surface area contributed by atoms with E-state index in [9.17, 15) is 4.79 Å². The Bertz CT molecular complexity index is 363. The second-order valence-electron chi connectivity index (χ2n) is 8.54. The minimum Gasteiger partial charge on any atom is -0.416 e. The third-order valence-electron chi connectivity index (χ3n) is 5.47. The van der Waals surface area contributed by atoms with E-state index in [0.717, 1.165) is 57.3 Å². The summed E-state index contributed by atoms with van der Waals surface area (Å²) in [7, 11) is -1.57. The highest BCUT2D eigenvalue weighted by molar-refractivity contribution is 8.13. The Morgan fingerprint density at radius 2 is 1.43 bits per heavy atom. The Morgan fingerprint density at radius 1 is 0.857 bits per heavy atom. The highest BCUT2D eigenvalue weighted by Gasteiger charge is 2.22. The quantitative estimate of drug-likeness (QED) is 0.152. The lowest BCUT2D eigenvalue weighted by Gasteiger charge is -2.25. The molecule has 0 rings (SSSR count). The Balaban J connectivity index is 3.54. The van der Waals surface area contributed by atoms with Crippen LogP contribution in [0.4, 0.5) is 0 Å². The van der Waals surface area contributed by atoms with E-state index in [4.69, 9.17) is 4.43 Å². The highest BCUT2D eigenvalue weighted by Crippen LogP contribution is 2.18. The van der Waals surface area contributed by atoms with Crippen molar-refractivity contribution in [3.63, 3.8) is 0 Å². The number of hydrogen-bond acceptors (Lipinski definition) is 4. The summed E-state index contributed by atoms with van der Waals surface area (Å²) >= 11 is 1.55. The van der Waals surface area contributed by atoms with Crippen LogP contribution in [0.25, 0.3) is 0 Å². The third-order valence-corrected chi connectivity index (χ3v) is 9.03. The van der Waals surface area contributed by atoms with E-state index >= 15 is 0 Å². The predicted octanol–water partition coefficient (Wildman–Crippen LogP) is 7.12. The van der Waals surface area contributed by atoms with Gasteiger partial charge in [0.15, 0.2) is 13.4 Å². The Morgan fingerprint density at radius 3 is 2.00 bits per heavy atom. The van der Waals surface area contributed by atoms with Crippen LogP contribution in [0.3, 0.4) is 0 Å². The average Bonchev–Trinajstić information content (AvgIpc) is 2.67. The van der Waals surface area contributed by atoms with E-state index in [1.54, 1.807) is 11.8 Å². The topological polar surface area (TPSA) is 29.5 Å². The molecule has 0 radical (unpaired) electrons. The minimum atomic E-state index is -1.57. The van der Waals surface area contributed by atoms with E-state index in [0.29, 0.717) is 5.12 Å². The Labute approximate surface area is 181 Å². The normalized spacial score (nSPS) is 12.1. The van der Waals surface area contributed by atoms with Crippen LogP contribution in [0.15, 0.2) is 0 Å². The van der Waals surface area contributed by atoms with E-state index in [-0.39, 0.29) is 0 Å². The van der Waals surface area contributed by atoms with Gasteiger partial charge >= 0.3 is 0 Å². The fourth-order valence-corrected chi connectivity index (χ4v) is 6.28. The maximum Gasteiger partial charge on any atom is 0.188 e. The molecule has 0 aliphatic heterocycles. The van der Waals surface area contributed by atoms with Gasteiger partial charge in [0.05, 0.1) is 0 Å². The molecule has 0 aliphatic rings. The molecule has 0 aromatic carbocycles. The number of thioether (sulfide) groups is 1. The summed E-state index contributed by atoms with van der Waals surface area (Å²) in [5, 5.41) is 0.393. The monoisotopic (exact) mass is 431 g/mol. The van der Waals surface area contributed by atoms with Crippen LogP contribution in [-0.4, -0.2) is 50.3 Å². The van der Waals surface area contributed by atoms with Crippen molar-refractivity contribution in [1.82, 2.24) is 4.90 Å². The summed E-state index contributed by atoms with van der Waals surface area (Å²) in [5.74, 6) is 0.964. The second kappa shape index (κ2) is 19.1. The number of nitrogens with zero attached hydrogens (tertiary/aromatic N) is 1. The summed E-state index contributed by atoms with van der Waals surface area (Å²) in [4.78, 5) is 14.4. The standard InChI is InChI=1S/C23H49NO2SSi/c1-6-9-10-11-12-13-14-15-16-18-23(25)27-21-17-22-28(4,5)26-20-19-24(7-2)8-3/h6-22H2,1-5H3. The first-order chi connectivity index (χ1) is 13.4. The molecule has 5 heteroatoms. The van der Waals surface area contributed by atoms with Gasteiger partial charge in [-0.2, -0.15) is 0 Å². The van der Waals surface area contributed by atoms with Crippen LogP contribution in [0.1, 0.15) is 91.4 Å². The molecule has 0 fully saturated rings. The fraction of sp³-hybridized carbons (Fsp3) is 0.957.